The van der Waals surface area contributed by atoms with Crippen LogP contribution in [-0.2, 0) is 11.3 Å². The summed E-state index contributed by atoms with van der Waals surface area (Å²) in [5, 5.41) is 10.5. The number of hydrogen-bond acceptors (Lipinski definition) is 4. The van der Waals surface area contributed by atoms with E-state index in [1.165, 1.54) is 0 Å². The summed E-state index contributed by atoms with van der Waals surface area (Å²) in [6.45, 7) is 1.25. The van der Waals surface area contributed by atoms with E-state index < -0.39 is 0 Å². The van der Waals surface area contributed by atoms with E-state index in [2.05, 4.69) is 15.6 Å². The Labute approximate surface area is 101 Å². The van der Waals surface area contributed by atoms with Crippen LogP contribution in [0.15, 0.2) is 12.4 Å². The van der Waals surface area contributed by atoms with E-state index in [-0.39, 0.29) is 17.9 Å². The molecule has 1 aromatic heterocycles. The van der Waals surface area contributed by atoms with Crippen LogP contribution in [0, 0.1) is 5.92 Å². The Hall–Kier alpha value is -1.43. The van der Waals surface area contributed by atoms with Gasteiger partial charge in [-0.15, -0.1) is 5.10 Å². The molecular formula is C11H19N5O. The lowest BCUT2D eigenvalue weighted by atomic mass is 9.85. The van der Waals surface area contributed by atoms with Crippen LogP contribution in [0.25, 0.3) is 0 Å². The van der Waals surface area contributed by atoms with Gasteiger partial charge in [-0.25, -0.2) is 0 Å². The number of hydrogen-bond donors (Lipinski definition) is 2. The normalized spacial score (nSPS) is 24.5. The second-order valence-corrected chi connectivity index (χ2v) is 4.58. The second-order valence-electron chi connectivity index (χ2n) is 4.58. The summed E-state index contributed by atoms with van der Waals surface area (Å²) >= 11 is 0. The van der Waals surface area contributed by atoms with Crippen molar-refractivity contribution in [3.8, 4) is 0 Å². The summed E-state index contributed by atoms with van der Waals surface area (Å²) < 4.78 is 1.70. The Kier molecular flexibility index (Phi) is 4.08. The Morgan fingerprint density at radius 2 is 2.41 bits per heavy atom. The van der Waals surface area contributed by atoms with Crippen LogP contribution in [-0.4, -0.2) is 33.5 Å². The molecule has 1 aromatic rings. The van der Waals surface area contributed by atoms with Crippen molar-refractivity contribution >= 4 is 5.91 Å². The largest absolute Gasteiger partial charge is 0.354 e. The molecule has 1 amide bonds. The summed E-state index contributed by atoms with van der Waals surface area (Å²) in [6, 6.07) is 0.190. The van der Waals surface area contributed by atoms with Crippen molar-refractivity contribution in [1.29, 1.82) is 0 Å². The predicted octanol–water partition coefficient (Wildman–Crippen LogP) is -0.0882. The van der Waals surface area contributed by atoms with E-state index in [4.69, 9.17) is 5.73 Å². The standard InChI is InChI=1S/C11H19N5O/c12-10-3-1-2-9(8-10)11(17)13-4-6-16-7-5-14-15-16/h5,7,9-10H,1-4,6,8,12H2,(H,13,17). The lowest BCUT2D eigenvalue weighted by Crippen LogP contribution is -2.38. The fourth-order valence-electron chi connectivity index (χ4n) is 2.26. The minimum Gasteiger partial charge on any atom is -0.354 e. The first-order chi connectivity index (χ1) is 8.25. The van der Waals surface area contributed by atoms with Crippen LogP contribution in [0.5, 0.6) is 0 Å². The first-order valence-electron chi connectivity index (χ1n) is 6.13. The fourth-order valence-corrected chi connectivity index (χ4v) is 2.26. The maximum Gasteiger partial charge on any atom is 0.223 e. The molecule has 1 fully saturated rings. The molecule has 6 heteroatoms. The smallest absolute Gasteiger partial charge is 0.223 e. The summed E-state index contributed by atoms with van der Waals surface area (Å²) in [6.07, 6.45) is 7.29. The molecule has 0 aromatic carbocycles. The SMILES string of the molecule is NC1CCCC(C(=O)NCCn2ccnn2)C1. The fraction of sp³-hybridized carbons (Fsp3) is 0.727. The Morgan fingerprint density at radius 3 is 3.12 bits per heavy atom. The number of rotatable bonds is 4. The number of nitrogens with one attached hydrogen (secondary N) is 1. The van der Waals surface area contributed by atoms with Crippen molar-refractivity contribution in [3.05, 3.63) is 12.4 Å². The van der Waals surface area contributed by atoms with Gasteiger partial charge in [-0.3, -0.25) is 9.48 Å². The minimum atomic E-state index is 0.0921. The van der Waals surface area contributed by atoms with Gasteiger partial charge in [-0.2, -0.15) is 0 Å². The summed E-state index contributed by atoms with van der Waals surface area (Å²) in [5.74, 6) is 0.217. The van der Waals surface area contributed by atoms with Gasteiger partial charge in [0.15, 0.2) is 0 Å². The molecule has 2 rings (SSSR count). The van der Waals surface area contributed by atoms with Crippen LogP contribution in [0.4, 0.5) is 0 Å². The highest BCUT2D eigenvalue weighted by Gasteiger charge is 2.24. The third-order valence-corrected chi connectivity index (χ3v) is 3.20. The van der Waals surface area contributed by atoms with Gasteiger partial charge in [-0.05, 0) is 19.3 Å². The number of aromatic nitrogens is 3. The highest BCUT2D eigenvalue weighted by atomic mass is 16.1. The lowest BCUT2D eigenvalue weighted by molar-refractivity contribution is -0.126. The van der Waals surface area contributed by atoms with E-state index in [1.807, 2.05) is 0 Å². The van der Waals surface area contributed by atoms with Crippen molar-refractivity contribution in [2.45, 2.75) is 38.3 Å². The molecule has 0 aliphatic heterocycles. The first-order valence-corrected chi connectivity index (χ1v) is 6.13. The predicted molar refractivity (Wildman–Crippen MR) is 63.0 cm³/mol. The van der Waals surface area contributed by atoms with Crippen LogP contribution in [0.3, 0.4) is 0 Å². The molecule has 3 N–H and O–H groups in total. The van der Waals surface area contributed by atoms with Gasteiger partial charge < -0.3 is 11.1 Å². The molecule has 17 heavy (non-hydrogen) atoms. The summed E-state index contributed by atoms with van der Waals surface area (Å²) in [5.41, 5.74) is 5.87. The number of nitrogens with two attached hydrogens (primary N) is 1. The highest BCUT2D eigenvalue weighted by molar-refractivity contribution is 5.78. The van der Waals surface area contributed by atoms with Crippen molar-refractivity contribution in [1.82, 2.24) is 20.3 Å². The number of nitrogens with zero attached hydrogens (tertiary/aromatic N) is 3. The molecular weight excluding hydrogens is 218 g/mol. The third-order valence-electron chi connectivity index (χ3n) is 3.20. The average molecular weight is 237 g/mol. The van der Waals surface area contributed by atoms with Crippen molar-refractivity contribution < 1.29 is 4.79 Å². The van der Waals surface area contributed by atoms with Crippen LogP contribution < -0.4 is 11.1 Å². The molecule has 2 unspecified atom stereocenters. The van der Waals surface area contributed by atoms with Gasteiger partial charge in [0.1, 0.15) is 0 Å². The number of carbonyl (C=O) groups is 1. The zero-order valence-corrected chi connectivity index (χ0v) is 9.88. The Bertz CT molecular complexity index is 351. The highest BCUT2D eigenvalue weighted by Crippen LogP contribution is 2.22. The molecule has 0 saturated heterocycles. The monoisotopic (exact) mass is 237 g/mol. The van der Waals surface area contributed by atoms with E-state index in [1.54, 1.807) is 17.1 Å². The molecule has 1 saturated carbocycles. The molecule has 0 bridgehead atoms. The first kappa shape index (κ1) is 12.0. The number of carbonyl (C=O) groups excluding carboxylic acids is 1. The third kappa shape index (κ3) is 3.52. The van der Waals surface area contributed by atoms with Gasteiger partial charge in [0.25, 0.3) is 0 Å². The summed E-state index contributed by atoms with van der Waals surface area (Å²) in [4.78, 5) is 11.9. The zero-order valence-electron chi connectivity index (χ0n) is 9.88. The van der Waals surface area contributed by atoms with Crippen LogP contribution >= 0.6 is 0 Å². The molecule has 94 valence electrons. The Balaban J connectivity index is 1.70. The Morgan fingerprint density at radius 1 is 1.53 bits per heavy atom. The molecule has 0 radical (unpaired) electrons. The van der Waals surface area contributed by atoms with Crippen molar-refractivity contribution in [3.63, 3.8) is 0 Å². The van der Waals surface area contributed by atoms with E-state index in [0.29, 0.717) is 13.1 Å². The zero-order chi connectivity index (χ0) is 12.1. The molecule has 1 heterocycles. The topological polar surface area (TPSA) is 85.8 Å². The summed E-state index contributed by atoms with van der Waals surface area (Å²) in [7, 11) is 0. The molecule has 0 spiro atoms. The minimum absolute atomic E-state index is 0.0921. The quantitative estimate of drug-likeness (QED) is 0.766. The number of amides is 1. The van der Waals surface area contributed by atoms with E-state index >= 15 is 0 Å². The van der Waals surface area contributed by atoms with Gasteiger partial charge in [0, 0.05) is 24.7 Å². The lowest BCUT2D eigenvalue weighted by Gasteiger charge is -2.25. The van der Waals surface area contributed by atoms with Crippen LogP contribution in [0.1, 0.15) is 25.7 Å². The van der Waals surface area contributed by atoms with Crippen molar-refractivity contribution in [2.75, 3.05) is 6.54 Å². The van der Waals surface area contributed by atoms with Gasteiger partial charge in [-0.1, -0.05) is 11.6 Å². The molecule has 2 atom stereocenters. The molecule has 1 aliphatic carbocycles. The average Bonchev–Trinajstić information content (AvgIpc) is 2.82. The maximum absolute atomic E-state index is 11.9. The van der Waals surface area contributed by atoms with Gasteiger partial charge in [0.2, 0.25) is 5.91 Å². The van der Waals surface area contributed by atoms with Gasteiger partial charge in [0.05, 0.1) is 12.7 Å². The second kappa shape index (κ2) is 5.77. The van der Waals surface area contributed by atoms with Crippen LogP contribution in [0.2, 0.25) is 0 Å². The van der Waals surface area contributed by atoms with Crippen molar-refractivity contribution in [2.24, 2.45) is 11.7 Å². The maximum atomic E-state index is 11.9. The molecule has 1 aliphatic rings. The van der Waals surface area contributed by atoms with E-state index in [0.717, 1.165) is 25.7 Å². The van der Waals surface area contributed by atoms with Gasteiger partial charge >= 0.3 is 0 Å². The van der Waals surface area contributed by atoms with E-state index in [9.17, 15) is 4.79 Å². The molecule has 6 nitrogen and oxygen atoms in total.